The fraction of sp³-hybridized carbons (Fsp3) is 0.552. The van der Waals surface area contributed by atoms with Crippen LogP contribution < -0.4 is 15.4 Å². The Morgan fingerprint density at radius 2 is 1.77 bits per heavy atom. The molecular weight excluding hydrogens is 583 g/mol. The van der Waals surface area contributed by atoms with E-state index < -0.39 is 32.6 Å². The van der Waals surface area contributed by atoms with Crippen molar-refractivity contribution in [3.05, 3.63) is 41.2 Å². The van der Waals surface area contributed by atoms with Gasteiger partial charge in [0.15, 0.2) is 0 Å². The molecule has 0 bridgehead atoms. The van der Waals surface area contributed by atoms with Crippen LogP contribution in [0.15, 0.2) is 29.6 Å². The van der Waals surface area contributed by atoms with Crippen LogP contribution in [0.4, 0.5) is 36.3 Å². The van der Waals surface area contributed by atoms with Crippen molar-refractivity contribution >= 4 is 33.0 Å². The summed E-state index contributed by atoms with van der Waals surface area (Å²) in [5.74, 6) is 0.696. The van der Waals surface area contributed by atoms with E-state index in [4.69, 9.17) is 4.74 Å². The van der Waals surface area contributed by atoms with Gasteiger partial charge in [-0.15, -0.1) is 0 Å². The van der Waals surface area contributed by atoms with Gasteiger partial charge in [0.05, 0.1) is 16.6 Å². The predicted octanol–water partition coefficient (Wildman–Crippen LogP) is 5.80. The zero-order valence-corrected chi connectivity index (χ0v) is 26.0. The maximum atomic E-state index is 14.0. The summed E-state index contributed by atoms with van der Waals surface area (Å²) >= 11 is 0. The number of aromatic nitrogens is 4. The first-order valence-corrected chi connectivity index (χ1v) is 15.9. The number of aryl methyl sites for hydroxylation is 2. The Labute approximate surface area is 250 Å². The van der Waals surface area contributed by atoms with Gasteiger partial charge in [0, 0.05) is 19.4 Å². The average Bonchev–Trinajstić information content (AvgIpc) is 3.48. The third kappa shape index (κ3) is 6.74. The molecule has 0 spiro atoms. The molecule has 2 aliphatic rings. The summed E-state index contributed by atoms with van der Waals surface area (Å²) in [4.78, 5) is 10.4. The van der Waals surface area contributed by atoms with Crippen LogP contribution in [0.5, 0.6) is 5.75 Å². The number of halogens is 3. The van der Waals surface area contributed by atoms with E-state index in [-0.39, 0.29) is 22.8 Å². The van der Waals surface area contributed by atoms with E-state index in [0.717, 1.165) is 37.9 Å². The molecule has 43 heavy (non-hydrogen) atoms. The molecule has 0 amide bonds. The molecule has 1 aliphatic heterocycles. The van der Waals surface area contributed by atoms with Gasteiger partial charge in [0.2, 0.25) is 20.8 Å². The predicted molar refractivity (Wildman–Crippen MR) is 158 cm³/mol. The number of hydrogen-bond donors (Lipinski definition) is 2. The molecule has 14 heteroatoms. The first-order valence-electron chi connectivity index (χ1n) is 14.4. The maximum absolute atomic E-state index is 14.0. The van der Waals surface area contributed by atoms with Crippen LogP contribution in [-0.4, -0.2) is 64.6 Å². The van der Waals surface area contributed by atoms with Crippen molar-refractivity contribution in [2.24, 2.45) is 13.0 Å². The van der Waals surface area contributed by atoms with Crippen LogP contribution in [0.1, 0.15) is 62.6 Å². The lowest BCUT2D eigenvalue weighted by Gasteiger charge is -2.30. The summed E-state index contributed by atoms with van der Waals surface area (Å²) in [6.45, 7) is 9.08. The third-order valence-electron chi connectivity index (χ3n) is 8.12. The van der Waals surface area contributed by atoms with Crippen LogP contribution in [0.3, 0.4) is 0 Å². The smallest absolute Gasteiger partial charge is 0.421 e. The molecule has 0 radical (unpaired) electrons. The lowest BCUT2D eigenvalue weighted by atomic mass is 9.86. The first kappa shape index (κ1) is 31.0. The summed E-state index contributed by atoms with van der Waals surface area (Å²) in [5, 5.41) is 8.45. The van der Waals surface area contributed by atoms with Crippen molar-refractivity contribution in [3.8, 4) is 5.75 Å². The first-order chi connectivity index (χ1) is 20.1. The van der Waals surface area contributed by atoms with E-state index in [2.05, 4.69) is 44.6 Å². The average molecular weight is 622 g/mol. The lowest BCUT2D eigenvalue weighted by Crippen LogP contribution is -2.29. The van der Waals surface area contributed by atoms with Crippen molar-refractivity contribution in [1.29, 1.82) is 0 Å². The fourth-order valence-corrected chi connectivity index (χ4v) is 6.35. The number of anilines is 4. The number of piperidine rings is 1. The summed E-state index contributed by atoms with van der Waals surface area (Å²) in [6, 6.07) is 3.97. The van der Waals surface area contributed by atoms with Crippen molar-refractivity contribution in [2.45, 2.75) is 75.4 Å². The van der Waals surface area contributed by atoms with Gasteiger partial charge in [-0.05, 0) is 95.3 Å². The highest BCUT2D eigenvalue weighted by Gasteiger charge is 2.38. The Morgan fingerprint density at radius 3 is 2.37 bits per heavy atom. The third-order valence-corrected chi connectivity index (χ3v) is 10.2. The minimum absolute atomic E-state index is 0.0613. The Morgan fingerprint density at radius 1 is 1.09 bits per heavy atom. The monoisotopic (exact) mass is 621 g/mol. The Balaban J connectivity index is 1.51. The summed E-state index contributed by atoms with van der Waals surface area (Å²) in [6.07, 6.45) is 0.224. The lowest BCUT2D eigenvalue weighted by molar-refractivity contribution is -0.137. The molecule has 1 aliphatic carbocycles. The van der Waals surface area contributed by atoms with Crippen molar-refractivity contribution in [3.63, 3.8) is 0 Å². The van der Waals surface area contributed by atoms with Gasteiger partial charge in [-0.3, -0.25) is 4.68 Å². The highest BCUT2D eigenvalue weighted by atomic mass is 32.2. The Kier molecular flexibility index (Phi) is 8.38. The topological polar surface area (TPSA) is 114 Å². The molecule has 2 aromatic heterocycles. The Bertz CT molecular complexity index is 1600. The number of alkyl halides is 3. The van der Waals surface area contributed by atoms with Crippen LogP contribution >= 0.6 is 0 Å². The van der Waals surface area contributed by atoms with Crippen LogP contribution in [-0.2, 0) is 23.1 Å². The second kappa shape index (κ2) is 11.6. The van der Waals surface area contributed by atoms with Crippen molar-refractivity contribution < 1.29 is 26.3 Å². The van der Waals surface area contributed by atoms with E-state index in [1.165, 1.54) is 37.3 Å². The van der Waals surface area contributed by atoms with E-state index in [1.807, 2.05) is 19.1 Å². The number of hydrogen-bond acceptors (Lipinski definition) is 9. The number of nitrogens with one attached hydrogen (secondary N) is 2. The highest BCUT2D eigenvalue weighted by Crippen LogP contribution is 2.42. The standard InChI is InChI=1S/C29H38F3N7O3S/c1-16(2)43(40,41)27-23(15-39(6)37-27)34-26-21(29(30,31)32)14-33-28(36-26)35-22-11-17(3)20(19-7-9-38(5)10-8-19)13-25(22)42-24-12-18(24)4/h11,13-16,18-19,24H,7-10,12H2,1-6H3,(H2,33,34,35,36)/t18-,24?/m1/s1. The molecule has 3 heterocycles. The van der Waals surface area contributed by atoms with Crippen LogP contribution in [0.25, 0.3) is 0 Å². The molecule has 1 saturated heterocycles. The van der Waals surface area contributed by atoms with Gasteiger partial charge in [0.25, 0.3) is 0 Å². The van der Waals surface area contributed by atoms with Gasteiger partial charge < -0.3 is 20.3 Å². The van der Waals surface area contributed by atoms with Crippen LogP contribution in [0.2, 0.25) is 0 Å². The molecule has 3 aromatic rings. The normalized spacial score (nSPS) is 20.0. The van der Waals surface area contributed by atoms with E-state index in [0.29, 0.717) is 29.5 Å². The maximum Gasteiger partial charge on any atom is 0.421 e. The number of nitrogens with zero attached hydrogens (tertiary/aromatic N) is 5. The van der Waals surface area contributed by atoms with E-state index in [1.54, 1.807) is 0 Å². The molecule has 1 saturated carbocycles. The quantitative estimate of drug-likeness (QED) is 0.306. The number of sulfone groups is 1. The summed E-state index contributed by atoms with van der Waals surface area (Å²) in [5.41, 5.74) is 1.53. The molecule has 1 aromatic carbocycles. The van der Waals surface area contributed by atoms with Gasteiger partial charge >= 0.3 is 6.18 Å². The number of ether oxygens (including phenoxy) is 1. The molecule has 2 N–H and O–H groups in total. The van der Waals surface area contributed by atoms with Crippen molar-refractivity contribution in [1.82, 2.24) is 24.6 Å². The fourth-order valence-electron chi connectivity index (χ4n) is 5.25. The van der Waals surface area contributed by atoms with E-state index in [9.17, 15) is 21.6 Å². The number of likely N-dealkylation sites (tertiary alicyclic amines) is 1. The second-order valence-electron chi connectivity index (χ2n) is 12.0. The minimum atomic E-state index is -4.80. The molecular formula is C29H38F3N7O3S. The molecule has 2 atom stereocenters. The Hall–Kier alpha value is -3.39. The molecule has 1 unspecified atom stereocenters. The SMILES string of the molecule is Cc1cc(Nc2ncc(C(F)(F)F)c(Nc3cn(C)nc3S(=O)(=O)C(C)C)n2)c(OC2C[C@H]2C)cc1C1CCN(C)CC1. The van der Waals surface area contributed by atoms with Gasteiger partial charge in [-0.25, -0.2) is 13.4 Å². The molecule has 10 nitrogen and oxygen atoms in total. The second-order valence-corrected chi connectivity index (χ2v) is 14.4. The van der Waals surface area contributed by atoms with Crippen LogP contribution in [0, 0.1) is 12.8 Å². The van der Waals surface area contributed by atoms with Gasteiger partial charge in [0.1, 0.15) is 23.2 Å². The highest BCUT2D eigenvalue weighted by molar-refractivity contribution is 7.92. The molecule has 5 rings (SSSR count). The zero-order chi connectivity index (χ0) is 31.3. The summed E-state index contributed by atoms with van der Waals surface area (Å²) < 4.78 is 75.4. The zero-order valence-electron chi connectivity index (χ0n) is 25.2. The molecule has 234 valence electrons. The van der Waals surface area contributed by atoms with Gasteiger partial charge in [-0.1, -0.05) is 6.92 Å². The van der Waals surface area contributed by atoms with Gasteiger partial charge in [-0.2, -0.15) is 23.3 Å². The minimum Gasteiger partial charge on any atom is -0.488 e. The molecule has 2 fully saturated rings. The summed E-state index contributed by atoms with van der Waals surface area (Å²) in [7, 11) is -0.301. The number of rotatable bonds is 9. The largest absolute Gasteiger partial charge is 0.488 e. The van der Waals surface area contributed by atoms with E-state index >= 15 is 0 Å². The number of benzene rings is 1. The van der Waals surface area contributed by atoms with Crippen molar-refractivity contribution in [2.75, 3.05) is 30.8 Å².